The molecule has 2 amide bonds. The third-order valence-electron chi connectivity index (χ3n) is 6.09. The van der Waals surface area contributed by atoms with Crippen LogP contribution in [-0.4, -0.2) is 33.0 Å². The summed E-state index contributed by atoms with van der Waals surface area (Å²) in [5.41, 5.74) is 2.90. The molecule has 6 nitrogen and oxygen atoms in total. The number of amidine groups is 1. The largest absolute Gasteiger partial charge is 0.326 e. The molecule has 2 heterocycles. The van der Waals surface area contributed by atoms with E-state index in [9.17, 15) is 22.8 Å². The first-order valence-corrected chi connectivity index (χ1v) is 12.4. The Kier molecular flexibility index (Phi) is 6.84. The lowest BCUT2D eigenvalue weighted by Gasteiger charge is -2.23. The van der Waals surface area contributed by atoms with Crippen molar-refractivity contribution in [1.82, 2.24) is 5.01 Å². The first-order chi connectivity index (χ1) is 17.8. The molecule has 2 atom stereocenters. The van der Waals surface area contributed by atoms with Crippen molar-refractivity contribution in [3.05, 3.63) is 101 Å². The summed E-state index contributed by atoms with van der Waals surface area (Å²) in [4.78, 5) is 29.4. The average molecular weight is 523 g/mol. The van der Waals surface area contributed by atoms with Gasteiger partial charge in [-0.05, 0) is 60.0 Å². The van der Waals surface area contributed by atoms with Gasteiger partial charge in [-0.1, -0.05) is 42.1 Å². The SMILES string of the molecule is Cc1ccc(NC(=O)C[C@@H]2SC(N3N=C(c4ccc(F)cc4)C[C@H]3c3ccc(F)cc3)=NC2=O)cc1F. The first-order valence-electron chi connectivity index (χ1n) is 11.5. The van der Waals surface area contributed by atoms with Crippen molar-refractivity contribution < 1.29 is 22.8 Å². The van der Waals surface area contributed by atoms with Gasteiger partial charge in [0.1, 0.15) is 22.7 Å². The number of benzene rings is 3. The van der Waals surface area contributed by atoms with Crippen molar-refractivity contribution in [2.24, 2.45) is 10.1 Å². The number of hydrazone groups is 1. The van der Waals surface area contributed by atoms with Crippen LogP contribution < -0.4 is 5.32 Å². The summed E-state index contributed by atoms with van der Waals surface area (Å²) in [6.07, 6.45) is 0.269. The number of aliphatic imine (C=N–C) groups is 1. The Morgan fingerprint density at radius 1 is 1.03 bits per heavy atom. The van der Waals surface area contributed by atoms with Gasteiger partial charge in [0, 0.05) is 18.5 Å². The molecule has 0 spiro atoms. The minimum absolute atomic E-state index is 0.157. The van der Waals surface area contributed by atoms with Gasteiger partial charge in [0.25, 0.3) is 5.91 Å². The zero-order valence-corrected chi connectivity index (χ0v) is 20.4. The number of carbonyl (C=O) groups excluding carboxylic acids is 2. The molecule has 0 fully saturated rings. The highest BCUT2D eigenvalue weighted by atomic mass is 32.2. The summed E-state index contributed by atoms with van der Waals surface area (Å²) in [5, 5.41) is 8.42. The summed E-state index contributed by atoms with van der Waals surface area (Å²) in [5.74, 6) is -2.11. The van der Waals surface area contributed by atoms with Gasteiger partial charge in [0.15, 0.2) is 5.17 Å². The second-order valence-corrected chi connectivity index (χ2v) is 9.89. The molecular formula is C27H21F3N4O2S. The van der Waals surface area contributed by atoms with E-state index in [2.05, 4.69) is 15.4 Å². The molecule has 0 bridgehead atoms. The minimum Gasteiger partial charge on any atom is -0.326 e. The van der Waals surface area contributed by atoms with Crippen LogP contribution in [0.25, 0.3) is 0 Å². The zero-order valence-electron chi connectivity index (χ0n) is 19.6. The van der Waals surface area contributed by atoms with Crippen molar-refractivity contribution in [3.8, 4) is 0 Å². The van der Waals surface area contributed by atoms with Crippen molar-refractivity contribution in [2.75, 3.05) is 5.32 Å². The Balaban J connectivity index is 1.34. The second kappa shape index (κ2) is 10.2. The molecule has 1 N–H and O–H groups in total. The van der Waals surface area contributed by atoms with Gasteiger partial charge in [0.05, 0.1) is 11.8 Å². The minimum atomic E-state index is -0.774. The molecule has 0 aliphatic carbocycles. The predicted molar refractivity (Wildman–Crippen MR) is 137 cm³/mol. The topological polar surface area (TPSA) is 74.1 Å². The van der Waals surface area contributed by atoms with Crippen molar-refractivity contribution in [3.63, 3.8) is 0 Å². The molecular weight excluding hydrogens is 501 g/mol. The molecule has 37 heavy (non-hydrogen) atoms. The Labute approximate surface area is 215 Å². The van der Waals surface area contributed by atoms with Crippen molar-refractivity contribution in [1.29, 1.82) is 0 Å². The number of anilines is 1. The zero-order chi connectivity index (χ0) is 26.1. The predicted octanol–water partition coefficient (Wildman–Crippen LogP) is 5.59. The molecule has 0 aromatic heterocycles. The highest BCUT2D eigenvalue weighted by Crippen LogP contribution is 2.38. The van der Waals surface area contributed by atoms with Gasteiger partial charge < -0.3 is 5.32 Å². The summed E-state index contributed by atoms with van der Waals surface area (Å²) in [7, 11) is 0. The van der Waals surface area contributed by atoms with E-state index < -0.39 is 22.9 Å². The van der Waals surface area contributed by atoms with E-state index in [1.807, 2.05) is 0 Å². The van der Waals surface area contributed by atoms with Crippen LogP contribution in [0.2, 0.25) is 0 Å². The molecule has 0 radical (unpaired) electrons. The first kappa shape index (κ1) is 24.8. The van der Waals surface area contributed by atoms with Crippen molar-refractivity contribution in [2.45, 2.75) is 31.1 Å². The second-order valence-electron chi connectivity index (χ2n) is 8.73. The van der Waals surface area contributed by atoms with E-state index in [1.165, 1.54) is 30.3 Å². The lowest BCUT2D eigenvalue weighted by Crippen LogP contribution is -2.25. The average Bonchev–Trinajstić information content (AvgIpc) is 3.46. The maximum absolute atomic E-state index is 13.8. The number of hydrogen-bond acceptors (Lipinski definition) is 5. The van der Waals surface area contributed by atoms with E-state index in [0.717, 1.165) is 17.3 Å². The van der Waals surface area contributed by atoms with Crippen molar-refractivity contribution >= 4 is 40.1 Å². The number of rotatable bonds is 5. The fraction of sp³-hybridized carbons (Fsp3) is 0.185. The Bertz CT molecular complexity index is 1420. The fourth-order valence-corrected chi connectivity index (χ4v) is 5.17. The molecule has 3 aromatic rings. The number of aryl methyl sites for hydroxylation is 1. The number of thioether (sulfide) groups is 1. The van der Waals surface area contributed by atoms with E-state index >= 15 is 0 Å². The van der Waals surface area contributed by atoms with Gasteiger partial charge in [-0.15, -0.1) is 0 Å². The molecule has 5 rings (SSSR count). The molecule has 2 aliphatic heterocycles. The van der Waals surface area contributed by atoms with Crippen LogP contribution in [0.15, 0.2) is 76.8 Å². The lowest BCUT2D eigenvalue weighted by molar-refractivity contribution is -0.121. The van der Waals surface area contributed by atoms with Gasteiger partial charge in [-0.25, -0.2) is 18.2 Å². The summed E-state index contributed by atoms with van der Waals surface area (Å²) < 4.78 is 40.8. The fourth-order valence-electron chi connectivity index (χ4n) is 4.10. The smallest absolute Gasteiger partial charge is 0.262 e. The molecule has 3 aromatic carbocycles. The van der Waals surface area contributed by atoms with Crippen LogP contribution in [0, 0.1) is 24.4 Å². The standard InChI is InChI=1S/C27H21F3N4O2S/c1-15-2-11-20(12-21(15)30)31-25(35)14-24-26(36)32-27(37-24)34-23(17-5-9-19(29)10-6-17)13-22(33-34)16-3-7-18(28)8-4-16/h2-12,23-24H,13-14H2,1H3,(H,31,35)/t23-,24-/m0/s1. The summed E-state index contributed by atoms with van der Waals surface area (Å²) >= 11 is 1.11. The van der Waals surface area contributed by atoms with Crippen LogP contribution >= 0.6 is 11.8 Å². The maximum atomic E-state index is 13.8. The lowest BCUT2D eigenvalue weighted by atomic mass is 9.98. The molecule has 10 heteroatoms. The molecule has 188 valence electrons. The van der Waals surface area contributed by atoms with Crippen LogP contribution in [0.5, 0.6) is 0 Å². The van der Waals surface area contributed by atoms with E-state index in [1.54, 1.807) is 48.3 Å². The number of nitrogens with zero attached hydrogens (tertiary/aromatic N) is 3. The number of halogens is 3. The summed E-state index contributed by atoms with van der Waals surface area (Å²) in [6, 6.07) is 15.9. The van der Waals surface area contributed by atoms with Gasteiger partial charge in [-0.3, -0.25) is 9.59 Å². The number of hydrogen-bond donors (Lipinski definition) is 1. The van der Waals surface area contributed by atoms with Gasteiger partial charge in [0.2, 0.25) is 5.91 Å². The molecule has 0 saturated carbocycles. The molecule has 0 unspecified atom stereocenters. The maximum Gasteiger partial charge on any atom is 0.262 e. The number of amides is 2. The normalized spacial score (nSPS) is 19.1. The van der Waals surface area contributed by atoms with E-state index in [0.29, 0.717) is 34.1 Å². The quantitative estimate of drug-likeness (QED) is 0.474. The summed E-state index contributed by atoms with van der Waals surface area (Å²) in [6.45, 7) is 1.62. The Morgan fingerprint density at radius 3 is 2.38 bits per heavy atom. The number of carbonyl (C=O) groups is 2. The highest BCUT2D eigenvalue weighted by Gasteiger charge is 2.39. The van der Waals surface area contributed by atoms with Crippen LogP contribution in [0.3, 0.4) is 0 Å². The highest BCUT2D eigenvalue weighted by molar-refractivity contribution is 8.15. The van der Waals surface area contributed by atoms with Gasteiger partial charge >= 0.3 is 0 Å². The van der Waals surface area contributed by atoms with Gasteiger partial charge in [-0.2, -0.15) is 10.1 Å². The monoisotopic (exact) mass is 522 g/mol. The molecule has 0 saturated heterocycles. The third kappa shape index (κ3) is 5.43. The Hall–Kier alpha value is -3.92. The van der Waals surface area contributed by atoms with Crippen LogP contribution in [0.4, 0.5) is 18.9 Å². The molecule has 2 aliphatic rings. The third-order valence-corrected chi connectivity index (χ3v) is 7.24. The van der Waals surface area contributed by atoms with Crippen LogP contribution in [-0.2, 0) is 9.59 Å². The van der Waals surface area contributed by atoms with E-state index in [-0.39, 0.29) is 24.1 Å². The number of nitrogens with one attached hydrogen (secondary N) is 1. The Morgan fingerprint density at radius 2 is 1.70 bits per heavy atom. The van der Waals surface area contributed by atoms with Crippen LogP contribution in [0.1, 0.15) is 35.6 Å². The van der Waals surface area contributed by atoms with E-state index in [4.69, 9.17) is 0 Å².